The highest BCUT2D eigenvalue weighted by atomic mass is 16.5. The Labute approximate surface area is 85.8 Å². The average Bonchev–Trinajstić information content (AvgIpc) is 2.16. The van der Waals surface area contributed by atoms with Gasteiger partial charge in [0, 0.05) is 13.2 Å². The lowest BCUT2D eigenvalue weighted by atomic mass is 9.71. The summed E-state index contributed by atoms with van der Waals surface area (Å²) in [6.07, 6.45) is 5.60. The van der Waals surface area contributed by atoms with Crippen molar-refractivity contribution < 1.29 is 9.84 Å². The van der Waals surface area contributed by atoms with Crippen molar-refractivity contribution in [2.75, 3.05) is 20.2 Å². The first-order valence-electron chi connectivity index (χ1n) is 5.72. The number of aliphatic hydroxyl groups excluding tert-OH is 1. The molecule has 1 spiro atoms. The van der Waals surface area contributed by atoms with Gasteiger partial charge < -0.3 is 15.2 Å². The third kappa shape index (κ3) is 1.95. The van der Waals surface area contributed by atoms with E-state index in [0.717, 1.165) is 19.4 Å². The standard InChI is InChI=1S/C11H21NO2/c1-12-8-10(13)9-3-6-14-11(7-9)4-2-5-11/h9-10,12-13H,2-8H2,1H3. The molecule has 1 saturated carbocycles. The van der Waals surface area contributed by atoms with E-state index in [9.17, 15) is 5.11 Å². The molecule has 0 bridgehead atoms. The Hall–Kier alpha value is -0.120. The maximum Gasteiger partial charge on any atom is 0.0694 e. The van der Waals surface area contributed by atoms with Crippen LogP contribution >= 0.6 is 0 Å². The van der Waals surface area contributed by atoms with Crippen molar-refractivity contribution in [2.45, 2.75) is 43.8 Å². The van der Waals surface area contributed by atoms with E-state index in [1.807, 2.05) is 7.05 Å². The molecule has 2 fully saturated rings. The molecule has 3 heteroatoms. The van der Waals surface area contributed by atoms with Crippen molar-refractivity contribution in [3.8, 4) is 0 Å². The molecular weight excluding hydrogens is 178 g/mol. The molecule has 1 aliphatic carbocycles. The van der Waals surface area contributed by atoms with Crippen LogP contribution in [0.2, 0.25) is 0 Å². The van der Waals surface area contributed by atoms with Gasteiger partial charge in [-0.3, -0.25) is 0 Å². The molecule has 0 aromatic carbocycles. The summed E-state index contributed by atoms with van der Waals surface area (Å²) in [6, 6.07) is 0. The Balaban J connectivity index is 1.87. The zero-order valence-electron chi connectivity index (χ0n) is 8.96. The topological polar surface area (TPSA) is 41.5 Å². The summed E-state index contributed by atoms with van der Waals surface area (Å²) >= 11 is 0. The molecule has 0 amide bonds. The number of rotatable bonds is 3. The van der Waals surface area contributed by atoms with Gasteiger partial charge in [0.15, 0.2) is 0 Å². The van der Waals surface area contributed by atoms with Crippen molar-refractivity contribution in [3.63, 3.8) is 0 Å². The van der Waals surface area contributed by atoms with Gasteiger partial charge in [-0.15, -0.1) is 0 Å². The molecule has 2 rings (SSSR count). The first kappa shape index (κ1) is 10.4. The summed E-state index contributed by atoms with van der Waals surface area (Å²) in [4.78, 5) is 0. The lowest BCUT2D eigenvalue weighted by Crippen LogP contribution is -2.48. The van der Waals surface area contributed by atoms with Crippen LogP contribution in [-0.4, -0.2) is 37.0 Å². The Morgan fingerprint density at radius 3 is 2.93 bits per heavy atom. The zero-order valence-corrected chi connectivity index (χ0v) is 8.96. The number of hydrogen-bond donors (Lipinski definition) is 2. The molecule has 1 saturated heterocycles. The summed E-state index contributed by atoms with van der Waals surface area (Å²) in [7, 11) is 1.89. The third-order valence-corrected chi connectivity index (χ3v) is 3.75. The maximum atomic E-state index is 9.91. The van der Waals surface area contributed by atoms with E-state index in [0.29, 0.717) is 12.5 Å². The van der Waals surface area contributed by atoms with E-state index in [1.165, 1.54) is 19.3 Å². The normalized spacial score (nSPS) is 32.6. The highest BCUT2D eigenvalue weighted by Gasteiger charge is 2.43. The molecule has 2 atom stereocenters. The van der Waals surface area contributed by atoms with Gasteiger partial charge in [0.2, 0.25) is 0 Å². The van der Waals surface area contributed by atoms with Crippen LogP contribution in [0.4, 0.5) is 0 Å². The highest BCUT2D eigenvalue weighted by Crippen LogP contribution is 2.44. The second kappa shape index (κ2) is 4.17. The minimum absolute atomic E-state index is 0.164. The summed E-state index contributed by atoms with van der Waals surface area (Å²) in [5, 5.41) is 12.9. The number of aliphatic hydroxyl groups is 1. The van der Waals surface area contributed by atoms with Gasteiger partial charge >= 0.3 is 0 Å². The summed E-state index contributed by atoms with van der Waals surface area (Å²) in [6.45, 7) is 1.55. The van der Waals surface area contributed by atoms with Crippen LogP contribution in [0.15, 0.2) is 0 Å². The lowest BCUT2D eigenvalue weighted by Gasteiger charge is -2.48. The van der Waals surface area contributed by atoms with Crippen LogP contribution in [0, 0.1) is 5.92 Å². The summed E-state index contributed by atoms with van der Waals surface area (Å²) in [5.74, 6) is 0.441. The van der Waals surface area contributed by atoms with Crippen molar-refractivity contribution in [1.82, 2.24) is 5.32 Å². The van der Waals surface area contributed by atoms with E-state index >= 15 is 0 Å². The molecular formula is C11H21NO2. The molecule has 14 heavy (non-hydrogen) atoms. The molecule has 0 aromatic heterocycles. The first-order valence-corrected chi connectivity index (χ1v) is 5.72. The monoisotopic (exact) mass is 199 g/mol. The van der Waals surface area contributed by atoms with Crippen molar-refractivity contribution in [1.29, 1.82) is 0 Å². The van der Waals surface area contributed by atoms with Gasteiger partial charge in [-0.25, -0.2) is 0 Å². The van der Waals surface area contributed by atoms with E-state index in [4.69, 9.17) is 4.74 Å². The van der Waals surface area contributed by atoms with Gasteiger partial charge in [-0.05, 0) is 45.1 Å². The molecule has 0 radical (unpaired) electrons. The van der Waals surface area contributed by atoms with Crippen molar-refractivity contribution in [3.05, 3.63) is 0 Å². The fourth-order valence-corrected chi connectivity index (χ4v) is 2.69. The smallest absolute Gasteiger partial charge is 0.0694 e. The van der Waals surface area contributed by atoms with Crippen molar-refractivity contribution >= 4 is 0 Å². The quantitative estimate of drug-likeness (QED) is 0.710. The molecule has 3 nitrogen and oxygen atoms in total. The Morgan fingerprint density at radius 1 is 1.57 bits per heavy atom. The largest absolute Gasteiger partial charge is 0.392 e. The fourth-order valence-electron chi connectivity index (χ4n) is 2.69. The number of likely N-dealkylation sites (N-methyl/N-ethyl adjacent to an activating group) is 1. The van der Waals surface area contributed by atoms with Crippen LogP contribution in [0.3, 0.4) is 0 Å². The Bertz CT molecular complexity index is 192. The minimum Gasteiger partial charge on any atom is -0.392 e. The van der Waals surface area contributed by atoms with E-state index in [-0.39, 0.29) is 11.7 Å². The van der Waals surface area contributed by atoms with Crippen LogP contribution in [0.5, 0.6) is 0 Å². The molecule has 0 aromatic rings. The van der Waals surface area contributed by atoms with E-state index < -0.39 is 0 Å². The van der Waals surface area contributed by atoms with Gasteiger partial charge in [-0.2, -0.15) is 0 Å². The highest BCUT2D eigenvalue weighted by molar-refractivity contribution is 4.95. The number of nitrogens with one attached hydrogen (secondary N) is 1. The maximum absolute atomic E-state index is 9.91. The first-order chi connectivity index (χ1) is 6.76. The van der Waals surface area contributed by atoms with Crippen LogP contribution in [0.25, 0.3) is 0 Å². The molecule has 1 aliphatic heterocycles. The summed E-state index contributed by atoms with van der Waals surface area (Å²) < 4.78 is 5.83. The van der Waals surface area contributed by atoms with Crippen LogP contribution in [0.1, 0.15) is 32.1 Å². The number of hydrogen-bond acceptors (Lipinski definition) is 3. The lowest BCUT2D eigenvalue weighted by molar-refractivity contribution is -0.156. The predicted octanol–water partition coefficient (Wildman–Crippen LogP) is 0.916. The van der Waals surface area contributed by atoms with Crippen molar-refractivity contribution in [2.24, 2.45) is 5.92 Å². The second-order valence-electron chi connectivity index (χ2n) is 4.76. The van der Waals surface area contributed by atoms with Gasteiger partial charge in [0.05, 0.1) is 11.7 Å². The summed E-state index contributed by atoms with van der Waals surface area (Å²) in [5.41, 5.74) is 0.164. The van der Waals surface area contributed by atoms with E-state index in [2.05, 4.69) is 5.32 Å². The van der Waals surface area contributed by atoms with Gasteiger partial charge in [-0.1, -0.05) is 0 Å². The Kier molecular flexibility index (Phi) is 3.10. The van der Waals surface area contributed by atoms with E-state index in [1.54, 1.807) is 0 Å². The average molecular weight is 199 g/mol. The molecule has 1 heterocycles. The SMILES string of the molecule is CNCC(O)C1CCOC2(CCC2)C1. The predicted molar refractivity (Wildman–Crippen MR) is 55.2 cm³/mol. The Morgan fingerprint density at radius 2 is 2.36 bits per heavy atom. The fraction of sp³-hybridized carbons (Fsp3) is 1.00. The third-order valence-electron chi connectivity index (χ3n) is 3.75. The zero-order chi connectivity index (χ0) is 10.0. The van der Waals surface area contributed by atoms with Gasteiger partial charge in [0.1, 0.15) is 0 Å². The number of ether oxygens (including phenoxy) is 1. The molecule has 2 N–H and O–H groups in total. The van der Waals surface area contributed by atoms with Gasteiger partial charge in [0.25, 0.3) is 0 Å². The van der Waals surface area contributed by atoms with Crippen LogP contribution < -0.4 is 5.32 Å². The molecule has 2 aliphatic rings. The second-order valence-corrected chi connectivity index (χ2v) is 4.76. The molecule has 2 unspecified atom stereocenters. The molecule has 82 valence electrons. The van der Waals surface area contributed by atoms with Crippen LogP contribution in [-0.2, 0) is 4.74 Å². The minimum atomic E-state index is -0.193.